The lowest BCUT2D eigenvalue weighted by Crippen LogP contribution is -2.39. The molecule has 1 aliphatic carbocycles. The molecular formula is C17H28N2. The summed E-state index contributed by atoms with van der Waals surface area (Å²) >= 11 is 0. The highest BCUT2D eigenvalue weighted by atomic mass is 15.0. The zero-order valence-electron chi connectivity index (χ0n) is 12.8. The molecule has 106 valence electrons. The van der Waals surface area contributed by atoms with Gasteiger partial charge in [0.1, 0.15) is 0 Å². The van der Waals surface area contributed by atoms with Crippen LogP contribution in [0.4, 0.5) is 0 Å². The molecule has 1 aliphatic heterocycles. The van der Waals surface area contributed by atoms with Gasteiger partial charge in [-0.3, -0.25) is 0 Å². The van der Waals surface area contributed by atoms with E-state index in [0.29, 0.717) is 5.92 Å². The first-order chi connectivity index (χ1) is 8.77. The summed E-state index contributed by atoms with van der Waals surface area (Å²) in [5.74, 6) is 0.639. The van der Waals surface area contributed by atoms with Crippen LogP contribution in [0.25, 0.3) is 0 Å². The Labute approximate surface area is 117 Å². The fourth-order valence-corrected chi connectivity index (χ4v) is 3.29. The molecule has 3 N–H and O–H groups in total. The molecule has 1 fully saturated rings. The summed E-state index contributed by atoms with van der Waals surface area (Å²) in [5.41, 5.74) is 8.62. The van der Waals surface area contributed by atoms with Crippen molar-refractivity contribution in [2.75, 3.05) is 6.54 Å². The Bertz CT molecular complexity index is 425. The van der Waals surface area contributed by atoms with Gasteiger partial charge in [0.15, 0.2) is 0 Å². The molecule has 0 radical (unpaired) electrons. The zero-order chi connectivity index (χ0) is 14.1. The maximum absolute atomic E-state index is 6.01. The number of nitrogens with one attached hydrogen (secondary N) is 1. The molecule has 0 unspecified atom stereocenters. The third-order valence-corrected chi connectivity index (χ3v) is 4.11. The number of hydrogen-bond donors (Lipinski definition) is 2. The van der Waals surface area contributed by atoms with Crippen LogP contribution in [0.15, 0.2) is 35.6 Å². The van der Waals surface area contributed by atoms with Crippen molar-refractivity contribution in [3.8, 4) is 0 Å². The summed E-state index contributed by atoms with van der Waals surface area (Å²) < 4.78 is 0. The molecule has 1 heterocycles. The SMILES string of the molecule is CC1(C)C=C(N)C=CC([C@H]2CCCNC(C)(C)C2)=C1. The third-order valence-electron chi connectivity index (χ3n) is 4.11. The Balaban J connectivity index is 2.25. The van der Waals surface area contributed by atoms with Crippen LogP contribution in [-0.2, 0) is 0 Å². The lowest BCUT2D eigenvalue weighted by molar-refractivity contribution is 0.350. The molecule has 1 saturated heterocycles. The standard InChI is InChI=1S/C17H28N2/c1-16(2)10-14(7-8-15(18)12-16)13-6-5-9-19-17(3,4)11-13/h7-8,10,12-13,19H,5-6,9,11,18H2,1-4H3/t13-/m0/s1. The van der Waals surface area contributed by atoms with Gasteiger partial charge in [0.25, 0.3) is 0 Å². The summed E-state index contributed by atoms with van der Waals surface area (Å²) in [6, 6.07) is 0. The second-order valence-electron chi connectivity index (χ2n) is 7.30. The first kappa shape index (κ1) is 14.4. The summed E-state index contributed by atoms with van der Waals surface area (Å²) in [4.78, 5) is 0. The lowest BCUT2D eigenvalue weighted by Gasteiger charge is -2.29. The van der Waals surface area contributed by atoms with Gasteiger partial charge in [-0.1, -0.05) is 32.1 Å². The van der Waals surface area contributed by atoms with Crippen molar-refractivity contribution in [2.45, 2.75) is 52.5 Å². The van der Waals surface area contributed by atoms with E-state index in [1.807, 2.05) is 0 Å². The van der Waals surface area contributed by atoms with Crippen molar-refractivity contribution in [3.05, 3.63) is 35.6 Å². The van der Waals surface area contributed by atoms with Gasteiger partial charge in [-0.15, -0.1) is 0 Å². The van der Waals surface area contributed by atoms with Gasteiger partial charge in [-0.25, -0.2) is 0 Å². The van der Waals surface area contributed by atoms with Crippen LogP contribution in [0.1, 0.15) is 47.0 Å². The van der Waals surface area contributed by atoms with Crippen LogP contribution >= 0.6 is 0 Å². The molecule has 0 amide bonds. The molecule has 0 saturated carbocycles. The quantitative estimate of drug-likeness (QED) is 0.757. The minimum Gasteiger partial charge on any atom is -0.399 e. The van der Waals surface area contributed by atoms with Crippen LogP contribution < -0.4 is 11.1 Å². The van der Waals surface area contributed by atoms with Crippen molar-refractivity contribution in [3.63, 3.8) is 0 Å². The van der Waals surface area contributed by atoms with Crippen LogP contribution in [0.5, 0.6) is 0 Å². The molecule has 0 spiro atoms. The second kappa shape index (κ2) is 5.16. The molecule has 2 nitrogen and oxygen atoms in total. The highest BCUT2D eigenvalue weighted by Gasteiger charge is 2.28. The molecule has 19 heavy (non-hydrogen) atoms. The first-order valence-electron chi connectivity index (χ1n) is 7.42. The Hall–Kier alpha value is -1.02. The van der Waals surface area contributed by atoms with Gasteiger partial charge in [-0.05, 0) is 57.2 Å². The minimum absolute atomic E-state index is 0.0484. The molecule has 0 aromatic heterocycles. The Morgan fingerprint density at radius 3 is 2.63 bits per heavy atom. The van der Waals surface area contributed by atoms with Crippen molar-refractivity contribution >= 4 is 0 Å². The van der Waals surface area contributed by atoms with E-state index in [0.717, 1.165) is 12.2 Å². The molecule has 2 heteroatoms. The smallest absolute Gasteiger partial charge is 0.0282 e. The third kappa shape index (κ3) is 3.97. The highest BCUT2D eigenvalue weighted by Crippen LogP contribution is 2.35. The van der Waals surface area contributed by atoms with E-state index in [2.05, 4.69) is 57.3 Å². The number of hydrogen-bond acceptors (Lipinski definition) is 2. The molecule has 0 bridgehead atoms. The maximum Gasteiger partial charge on any atom is 0.0282 e. The molecule has 2 rings (SSSR count). The molecule has 1 atom stereocenters. The van der Waals surface area contributed by atoms with E-state index < -0.39 is 0 Å². The predicted octanol–water partition coefficient (Wildman–Crippen LogP) is 3.52. The Morgan fingerprint density at radius 2 is 1.89 bits per heavy atom. The van der Waals surface area contributed by atoms with Gasteiger partial charge < -0.3 is 11.1 Å². The fraction of sp³-hybridized carbons (Fsp3) is 0.647. The lowest BCUT2D eigenvalue weighted by atomic mass is 9.81. The predicted molar refractivity (Wildman–Crippen MR) is 82.7 cm³/mol. The minimum atomic E-state index is 0.0484. The summed E-state index contributed by atoms with van der Waals surface area (Å²) in [6.07, 6.45) is 12.6. The number of rotatable bonds is 1. The van der Waals surface area contributed by atoms with E-state index in [9.17, 15) is 0 Å². The van der Waals surface area contributed by atoms with E-state index in [1.54, 1.807) is 0 Å². The van der Waals surface area contributed by atoms with Gasteiger partial charge in [0.05, 0.1) is 0 Å². The monoisotopic (exact) mass is 260 g/mol. The van der Waals surface area contributed by atoms with Gasteiger partial charge in [-0.2, -0.15) is 0 Å². The highest BCUT2D eigenvalue weighted by molar-refractivity contribution is 5.36. The van der Waals surface area contributed by atoms with Crippen LogP contribution in [0.2, 0.25) is 0 Å². The fourth-order valence-electron chi connectivity index (χ4n) is 3.29. The molecule has 0 aromatic rings. The first-order valence-corrected chi connectivity index (χ1v) is 7.42. The van der Waals surface area contributed by atoms with E-state index in [-0.39, 0.29) is 11.0 Å². The normalized spacial score (nSPS) is 30.0. The van der Waals surface area contributed by atoms with Crippen LogP contribution in [-0.4, -0.2) is 12.1 Å². The topological polar surface area (TPSA) is 38.0 Å². The largest absolute Gasteiger partial charge is 0.399 e. The summed E-state index contributed by atoms with van der Waals surface area (Å²) in [5, 5.41) is 3.65. The van der Waals surface area contributed by atoms with Crippen LogP contribution in [0.3, 0.4) is 0 Å². The van der Waals surface area contributed by atoms with Gasteiger partial charge in [0, 0.05) is 16.7 Å². The Morgan fingerprint density at radius 1 is 1.16 bits per heavy atom. The Kier molecular flexibility index (Phi) is 3.91. The summed E-state index contributed by atoms with van der Waals surface area (Å²) in [6.45, 7) is 10.2. The molecule has 0 aromatic carbocycles. The number of nitrogens with two attached hydrogens (primary N) is 1. The van der Waals surface area contributed by atoms with Crippen molar-refractivity contribution in [1.29, 1.82) is 0 Å². The van der Waals surface area contributed by atoms with E-state index in [4.69, 9.17) is 5.73 Å². The molecule has 2 aliphatic rings. The molecular weight excluding hydrogens is 232 g/mol. The van der Waals surface area contributed by atoms with Crippen molar-refractivity contribution < 1.29 is 0 Å². The zero-order valence-corrected chi connectivity index (χ0v) is 12.8. The average molecular weight is 260 g/mol. The van der Waals surface area contributed by atoms with Crippen molar-refractivity contribution in [1.82, 2.24) is 5.32 Å². The maximum atomic E-state index is 6.01. The van der Waals surface area contributed by atoms with Gasteiger partial charge in [0.2, 0.25) is 0 Å². The summed E-state index contributed by atoms with van der Waals surface area (Å²) in [7, 11) is 0. The second-order valence-corrected chi connectivity index (χ2v) is 7.30. The average Bonchev–Trinajstić information content (AvgIpc) is 2.51. The number of allylic oxidation sites excluding steroid dienone is 5. The van der Waals surface area contributed by atoms with E-state index >= 15 is 0 Å². The van der Waals surface area contributed by atoms with Gasteiger partial charge >= 0.3 is 0 Å². The van der Waals surface area contributed by atoms with Crippen molar-refractivity contribution in [2.24, 2.45) is 17.1 Å². The van der Waals surface area contributed by atoms with Crippen LogP contribution in [0, 0.1) is 11.3 Å². The van der Waals surface area contributed by atoms with E-state index in [1.165, 1.54) is 24.8 Å².